The summed E-state index contributed by atoms with van der Waals surface area (Å²) in [6.45, 7) is 4.02. The van der Waals surface area contributed by atoms with Crippen LogP contribution in [-0.2, 0) is 19.2 Å². The van der Waals surface area contributed by atoms with Crippen molar-refractivity contribution in [2.75, 3.05) is 14.1 Å². The maximum atomic E-state index is 12.1. The number of likely N-dealkylation sites (tertiary alicyclic amines) is 2. The summed E-state index contributed by atoms with van der Waals surface area (Å²) in [6.07, 6.45) is 1.27. The van der Waals surface area contributed by atoms with E-state index in [2.05, 4.69) is 0 Å². The first kappa shape index (κ1) is 20.6. The van der Waals surface area contributed by atoms with Crippen molar-refractivity contribution in [3.05, 3.63) is 0 Å². The number of imide groups is 2. The molecule has 2 heterocycles. The number of rotatable bonds is 7. The number of carbonyl (C=O) groups is 4. The van der Waals surface area contributed by atoms with Gasteiger partial charge in [0.15, 0.2) is 0 Å². The van der Waals surface area contributed by atoms with Crippen molar-refractivity contribution in [1.29, 1.82) is 0 Å². The van der Waals surface area contributed by atoms with Crippen LogP contribution in [0, 0.1) is 0 Å². The van der Waals surface area contributed by atoms with Crippen LogP contribution in [0.15, 0.2) is 0 Å². The summed E-state index contributed by atoms with van der Waals surface area (Å²) < 4.78 is 0. The predicted octanol–water partition coefficient (Wildman–Crippen LogP) is 1.43. The lowest BCUT2D eigenvalue weighted by Crippen LogP contribution is -2.33. The number of carbonyl (C=O) groups excluding carboxylic acids is 4. The predicted molar refractivity (Wildman–Crippen MR) is 104 cm³/mol. The van der Waals surface area contributed by atoms with Gasteiger partial charge in [-0.15, -0.1) is 23.5 Å². The second kappa shape index (κ2) is 8.35. The zero-order chi connectivity index (χ0) is 18.9. The molecule has 2 aliphatic heterocycles. The van der Waals surface area contributed by atoms with Gasteiger partial charge in [0.25, 0.3) is 0 Å². The molecule has 2 unspecified atom stereocenters. The average molecular weight is 405 g/mol. The standard InChI is InChI=1S/C16H24N2O4S3/c1-5-9(25-11-7-13(20)18(4)16(11)22)14(23)8(2)24-10-6-12(19)17(3)15(10)21/h8-11,14,23H,5-7H2,1-4H3/t8-,9-,10?,11?,14+/m0/s1. The zero-order valence-electron chi connectivity index (χ0n) is 14.8. The minimum absolute atomic E-state index is 0.0407. The number of amides is 4. The number of hydrogen-bond donors (Lipinski definition) is 1. The summed E-state index contributed by atoms with van der Waals surface area (Å²) in [5.74, 6) is -0.590. The van der Waals surface area contributed by atoms with Crippen molar-refractivity contribution in [2.24, 2.45) is 0 Å². The third kappa shape index (κ3) is 4.36. The van der Waals surface area contributed by atoms with E-state index in [1.54, 1.807) is 0 Å². The minimum atomic E-state index is -0.356. The molecule has 0 aromatic carbocycles. The van der Waals surface area contributed by atoms with E-state index in [1.807, 2.05) is 13.8 Å². The highest BCUT2D eigenvalue weighted by molar-refractivity contribution is 8.03. The van der Waals surface area contributed by atoms with Crippen molar-refractivity contribution >= 4 is 59.8 Å². The van der Waals surface area contributed by atoms with Gasteiger partial charge in [-0.3, -0.25) is 29.0 Å². The lowest BCUT2D eigenvalue weighted by molar-refractivity contribution is -0.138. The number of thioether (sulfide) groups is 2. The monoisotopic (exact) mass is 404 g/mol. The Kier molecular flexibility index (Phi) is 6.89. The van der Waals surface area contributed by atoms with Crippen molar-refractivity contribution in [2.45, 2.75) is 59.4 Å². The second-order valence-electron chi connectivity index (χ2n) is 6.38. The molecule has 0 aromatic heterocycles. The van der Waals surface area contributed by atoms with E-state index in [9.17, 15) is 19.2 Å². The molecule has 140 valence electrons. The Labute approximate surface area is 162 Å². The molecule has 6 nitrogen and oxygen atoms in total. The number of thiol groups is 1. The van der Waals surface area contributed by atoms with Crippen LogP contribution in [0.25, 0.3) is 0 Å². The van der Waals surface area contributed by atoms with Crippen LogP contribution in [0.2, 0.25) is 0 Å². The van der Waals surface area contributed by atoms with Gasteiger partial charge in [-0.1, -0.05) is 13.8 Å². The van der Waals surface area contributed by atoms with Gasteiger partial charge < -0.3 is 0 Å². The van der Waals surface area contributed by atoms with Crippen LogP contribution in [-0.4, -0.2) is 73.8 Å². The molecule has 9 heteroatoms. The molecule has 0 aromatic rings. The van der Waals surface area contributed by atoms with Crippen LogP contribution >= 0.6 is 36.2 Å². The number of hydrogen-bond acceptors (Lipinski definition) is 7. The normalized spacial score (nSPS) is 28.0. The Morgan fingerprint density at radius 3 is 1.80 bits per heavy atom. The smallest absolute Gasteiger partial charge is 0.242 e. The van der Waals surface area contributed by atoms with Crippen LogP contribution in [0.4, 0.5) is 0 Å². The summed E-state index contributed by atoms with van der Waals surface area (Å²) >= 11 is 7.70. The van der Waals surface area contributed by atoms with E-state index >= 15 is 0 Å². The SMILES string of the molecule is CC[C@H](SC1CC(=O)N(C)C1=O)[C@H](S)[C@H](C)SC1CC(=O)N(C)C1=O. The van der Waals surface area contributed by atoms with Gasteiger partial charge in [0.1, 0.15) is 0 Å². The summed E-state index contributed by atoms with van der Waals surface area (Å²) in [7, 11) is 3.03. The molecule has 4 amide bonds. The largest absolute Gasteiger partial charge is 0.285 e. The van der Waals surface area contributed by atoms with Crippen LogP contribution in [0.3, 0.4) is 0 Å². The summed E-state index contributed by atoms with van der Waals surface area (Å²) in [5, 5.41) is -0.633. The van der Waals surface area contributed by atoms with E-state index in [1.165, 1.54) is 47.4 Å². The molecule has 2 fully saturated rings. The Morgan fingerprint density at radius 1 is 1.00 bits per heavy atom. The Morgan fingerprint density at radius 2 is 1.44 bits per heavy atom. The lowest BCUT2D eigenvalue weighted by Gasteiger charge is -2.29. The molecule has 0 aliphatic carbocycles. The van der Waals surface area contributed by atoms with Crippen molar-refractivity contribution < 1.29 is 19.2 Å². The molecule has 0 saturated carbocycles. The average Bonchev–Trinajstić information content (AvgIpc) is 2.96. The summed E-state index contributed by atoms with van der Waals surface area (Å²) in [6, 6.07) is 0. The van der Waals surface area contributed by atoms with Gasteiger partial charge >= 0.3 is 0 Å². The molecule has 0 N–H and O–H groups in total. The van der Waals surface area contributed by atoms with E-state index < -0.39 is 0 Å². The van der Waals surface area contributed by atoms with Gasteiger partial charge in [0, 0.05) is 42.7 Å². The fourth-order valence-corrected chi connectivity index (χ4v) is 6.57. The fourth-order valence-electron chi connectivity index (χ4n) is 2.93. The highest BCUT2D eigenvalue weighted by Crippen LogP contribution is 2.38. The maximum Gasteiger partial charge on any atom is 0.242 e. The van der Waals surface area contributed by atoms with Gasteiger partial charge in [-0.25, -0.2) is 0 Å². The highest BCUT2D eigenvalue weighted by atomic mass is 32.2. The van der Waals surface area contributed by atoms with E-state index in [-0.39, 0.29) is 62.7 Å². The van der Waals surface area contributed by atoms with Crippen molar-refractivity contribution in [3.63, 3.8) is 0 Å². The van der Waals surface area contributed by atoms with Gasteiger partial charge in [0.05, 0.1) is 10.5 Å². The van der Waals surface area contributed by atoms with Crippen LogP contribution < -0.4 is 0 Å². The first-order valence-electron chi connectivity index (χ1n) is 8.27. The molecule has 2 aliphatic rings. The van der Waals surface area contributed by atoms with Crippen LogP contribution in [0.1, 0.15) is 33.1 Å². The quantitative estimate of drug-likeness (QED) is 0.511. The summed E-state index contributed by atoms with van der Waals surface area (Å²) in [5.41, 5.74) is 0. The molecule has 0 bridgehead atoms. The van der Waals surface area contributed by atoms with Gasteiger partial charge in [-0.05, 0) is 6.42 Å². The molecular weight excluding hydrogens is 380 g/mol. The fraction of sp³-hybridized carbons (Fsp3) is 0.750. The van der Waals surface area contributed by atoms with Crippen LogP contribution in [0.5, 0.6) is 0 Å². The Balaban J connectivity index is 1.96. The molecular formula is C16H24N2O4S3. The van der Waals surface area contributed by atoms with Gasteiger partial charge in [-0.2, -0.15) is 12.6 Å². The molecule has 2 rings (SSSR count). The number of nitrogens with zero attached hydrogens (tertiary/aromatic N) is 2. The molecule has 0 spiro atoms. The first-order valence-corrected chi connectivity index (χ1v) is 10.7. The Bertz CT molecular complexity index is 586. The zero-order valence-corrected chi connectivity index (χ0v) is 17.3. The van der Waals surface area contributed by atoms with E-state index in [0.29, 0.717) is 0 Å². The minimum Gasteiger partial charge on any atom is -0.285 e. The Hall–Kier alpha value is -0.670. The lowest BCUT2D eigenvalue weighted by atomic mass is 10.2. The topological polar surface area (TPSA) is 74.8 Å². The highest BCUT2D eigenvalue weighted by Gasteiger charge is 2.41. The maximum absolute atomic E-state index is 12.1. The van der Waals surface area contributed by atoms with E-state index in [0.717, 1.165) is 6.42 Å². The van der Waals surface area contributed by atoms with Gasteiger partial charge in [0.2, 0.25) is 23.6 Å². The molecule has 5 atom stereocenters. The van der Waals surface area contributed by atoms with Crippen molar-refractivity contribution in [3.8, 4) is 0 Å². The van der Waals surface area contributed by atoms with E-state index in [4.69, 9.17) is 12.6 Å². The van der Waals surface area contributed by atoms with Crippen molar-refractivity contribution in [1.82, 2.24) is 9.80 Å². The second-order valence-corrected chi connectivity index (χ2v) is 10.0. The third-order valence-electron chi connectivity index (χ3n) is 4.66. The third-order valence-corrected chi connectivity index (χ3v) is 8.97. The molecule has 25 heavy (non-hydrogen) atoms. The molecule has 2 saturated heterocycles. The molecule has 0 radical (unpaired) electrons. The summed E-state index contributed by atoms with van der Waals surface area (Å²) in [4.78, 5) is 49.9. The first-order chi connectivity index (χ1) is 11.7.